The third-order valence-electron chi connectivity index (χ3n) is 4.20. The summed E-state index contributed by atoms with van der Waals surface area (Å²) in [6.07, 6.45) is 5.31. The Hall–Kier alpha value is -2.83. The molecule has 0 radical (unpaired) electrons. The Morgan fingerprint density at radius 1 is 1.28 bits per heavy atom. The number of amides is 1. The van der Waals surface area contributed by atoms with Crippen LogP contribution in [0, 0.1) is 0 Å². The number of carbonyl (C=O) groups is 1. The molecule has 3 rings (SSSR count). The monoisotopic (exact) mass is 340 g/mol. The van der Waals surface area contributed by atoms with Gasteiger partial charge < -0.3 is 15.5 Å². The van der Waals surface area contributed by atoms with Crippen LogP contribution in [0.2, 0.25) is 0 Å². The van der Waals surface area contributed by atoms with Crippen LogP contribution in [-0.4, -0.2) is 41.8 Å². The topological polar surface area (TPSA) is 74.6 Å². The van der Waals surface area contributed by atoms with Gasteiger partial charge >= 0.3 is 0 Å². The molecule has 1 aromatic carbocycles. The second-order valence-electron chi connectivity index (χ2n) is 5.94. The van der Waals surface area contributed by atoms with Crippen LogP contribution >= 0.6 is 0 Å². The number of benzene rings is 1. The highest BCUT2D eigenvalue weighted by Gasteiger charge is 2.21. The molecule has 2 aromatic rings. The molecule has 1 fully saturated rings. The molecule has 1 aromatic heterocycles. The zero-order chi connectivity index (χ0) is 17.5. The van der Waals surface area contributed by atoms with Gasteiger partial charge in [-0.25, -0.2) is 0 Å². The van der Waals surface area contributed by atoms with Crippen LogP contribution in [0.4, 0.5) is 5.69 Å². The van der Waals surface area contributed by atoms with Crippen LogP contribution in [0.1, 0.15) is 18.4 Å². The van der Waals surface area contributed by atoms with Crippen LogP contribution < -0.4 is 15.5 Å². The fourth-order valence-electron chi connectivity index (χ4n) is 2.84. The van der Waals surface area contributed by atoms with Crippen molar-refractivity contribution >= 4 is 17.6 Å². The lowest BCUT2D eigenvalue weighted by Crippen LogP contribution is -2.38. The van der Waals surface area contributed by atoms with Gasteiger partial charge in [-0.15, -0.1) is 0 Å². The minimum Gasteiger partial charge on any atom is -0.355 e. The van der Waals surface area contributed by atoms with Gasteiger partial charge in [0.1, 0.15) is 0 Å². The SMILES string of the molecule is CN=C(NCCn1cccn1)NCc1ccc(N2CCCC2=O)cc1. The van der Waals surface area contributed by atoms with Crippen molar-refractivity contribution in [1.29, 1.82) is 0 Å². The van der Waals surface area contributed by atoms with E-state index in [0.717, 1.165) is 43.3 Å². The fraction of sp³-hybridized carbons (Fsp3) is 0.389. The number of hydrogen-bond donors (Lipinski definition) is 2. The van der Waals surface area contributed by atoms with Crippen molar-refractivity contribution < 1.29 is 4.79 Å². The molecule has 132 valence electrons. The van der Waals surface area contributed by atoms with Gasteiger partial charge in [0.15, 0.2) is 5.96 Å². The zero-order valence-corrected chi connectivity index (χ0v) is 14.5. The minimum absolute atomic E-state index is 0.215. The average molecular weight is 340 g/mol. The predicted octanol–water partition coefficient (Wildman–Crippen LogP) is 1.38. The zero-order valence-electron chi connectivity index (χ0n) is 14.5. The van der Waals surface area contributed by atoms with Crippen molar-refractivity contribution in [3.05, 3.63) is 48.3 Å². The summed E-state index contributed by atoms with van der Waals surface area (Å²) in [7, 11) is 1.76. The average Bonchev–Trinajstić information content (AvgIpc) is 3.30. The Balaban J connectivity index is 1.45. The van der Waals surface area contributed by atoms with Crippen molar-refractivity contribution in [2.45, 2.75) is 25.9 Å². The Bertz CT molecular complexity index is 708. The number of guanidine groups is 1. The molecule has 2 N–H and O–H groups in total. The quantitative estimate of drug-likeness (QED) is 0.615. The van der Waals surface area contributed by atoms with Crippen molar-refractivity contribution in [3.63, 3.8) is 0 Å². The number of nitrogens with zero attached hydrogens (tertiary/aromatic N) is 4. The summed E-state index contributed by atoms with van der Waals surface area (Å²) in [5, 5.41) is 10.7. The van der Waals surface area contributed by atoms with E-state index in [1.165, 1.54) is 0 Å². The molecule has 0 spiro atoms. The van der Waals surface area contributed by atoms with E-state index in [0.29, 0.717) is 13.0 Å². The van der Waals surface area contributed by atoms with E-state index in [-0.39, 0.29) is 5.91 Å². The summed E-state index contributed by atoms with van der Waals surface area (Å²) in [5.41, 5.74) is 2.12. The molecule has 1 saturated heterocycles. The molecule has 2 heterocycles. The molecule has 7 nitrogen and oxygen atoms in total. The molecule has 7 heteroatoms. The van der Waals surface area contributed by atoms with E-state index in [1.54, 1.807) is 13.2 Å². The van der Waals surface area contributed by atoms with E-state index in [4.69, 9.17) is 0 Å². The third kappa shape index (κ3) is 4.59. The number of aromatic nitrogens is 2. The summed E-state index contributed by atoms with van der Waals surface area (Å²) < 4.78 is 1.87. The molecule has 1 aliphatic rings. The first-order valence-electron chi connectivity index (χ1n) is 8.57. The van der Waals surface area contributed by atoms with Crippen molar-refractivity contribution in [2.75, 3.05) is 25.0 Å². The lowest BCUT2D eigenvalue weighted by Gasteiger charge is -2.16. The smallest absolute Gasteiger partial charge is 0.227 e. The van der Waals surface area contributed by atoms with Gasteiger partial charge in [-0.05, 0) is 30.2 Å². The van der Waals surface area contributed by atoms with E-state index < -0.39 is 0 Å². The number of aliphatic imine (C=N–C) groups is 1. The van der Waals surface area contributed by atoms with Crippen molar-refractivity contribution in [3.8, 4) is 0 Å². The van der Waals surface area contributed by atoms with Crippen LogP contribution in [0.3, 0.4) is 0 Å². The highest BCUT2D eigenvalue weighted by Crippen LogP contribution is 2.21. The predicted molar refractivity (Wildman–Crippen MR) is 98.5 cm³/mol. The molecule has 25 heavy (non-hydrogen) atoms. The van der Waals surface area contributed by atoms with Gasteiger partial charge in [-0.3, -0.25) is 14.5 Å². The Kier molecular flexibility index (Phi) is 5.66. The van der Waals surface area contributed by atoms with Crippen LogP contribution in [0.15, 0.2) is 47.7 Å². The van der Waals surface area contributed by atoms with E-state index in [9.17, 15) is 4.79 Å². The van der Waals surface area contributed by atoms with Gasteiger partial charge in [0.2, 0.25) is 5.91 Å². The Labute approximate surface area is 147 Å². The maximum absolute atomic E-state index is 11.8. The van der Waals surface area contributed by atoms with E-state index in [2.05, 4.69) is 20.7 Å². The van der Waals surface area contributed by atoms with E-state index >= 15 is 0 Å². The third-order valence-corrected chi connectivity index (χ3v) is 4.20. The number of rotatable bonds is 6. The lowest BCUT2D eigenvalue weighted by atomic mass is 10.2. The molecule has 0 unspecified atom stereocenters. The van der Waals surface area contributed by atoms with Gasteiger partial charge in [-0.2, -0.15) is 5.10 Å². The minimum atomic E-state index is 0.215. The largest absolute Gasteiger partial charge is 0.355 e. The van der Waals surface area contributed by atoms with Gasteiger partial charge in [0.25, 0.3) is 0 Å². The van der Waals surface area contributed by atoms with Gasteiger partial charge in [0.05, 0.1) is 6.54 Å². The summed E-state index contributed by atoms with van der Waals surface area (Å²) >= 11 is 0. The fourth-order valence-corrected chi connectivity index (χ4v) is 2.84. The molecule has 0 saturated carbocycles. The molecule has 0 atom stereocenters. The van der Waals surface area contributed by atoms with Crippen LogP contribution in [-0.2, 0) is 17.9 Å². The van der Waals surface area contributed by atoms with Crippen molar-refractivity contribution in [1.82, 2.24) is 20.4 Å². The standard InChI is InChI=1S/C18H24N6O/c1-19-18(20-10-13-23-11-3-9-22-23)21-14-15-5-7-16(8-6-15)24-12-2-4-17(24)25/h3,5-9,11H,2,4,10,12-14H2,1H3,(H2,19,20,21). The maximum Gasteiger partial charge on any atom is 0.227 e. The molecular weight excluding hydrogens is 316 g/mol. The molecular formula is C18H24N6O. The molecule has 1 aliphatic heterocycles. The Morgan fingerprint density at radius 3 is 2.76 bits per heavy atom. The summed E-state index contributed by atoms with van der Waals surface area (Å²) in [6.45, 7) is 3.03. The van der Waals surface area contributed by atoms with Crippen LogP contribution in [0.5, 0.6) is 0 Å². The Morgan fingerprint density at radius 2 is 2.12 bits per heavy atom. The summed E-state index contributed by atoms with van der Waals surface area (Å²) in [4.78, 5) is 17.9. The first kappa shape index (κ1) is 17.0. The van der Waals surface area contributed by atoms with Gasteiger partial charge in [-0.1, -0.05) is 12.1 Å². The molecule has 0 aliphatic carbocycles. The summed E-state index contributed by atoms with van der Waals surface area (Å²) in [5.74, 6) is 0.971. The van der Waals surface area contributed by atoms with E-state index in [1.807, 2.05) is 46.1 Å². The van der Waals surface area contributed by atoms with Crippen molar-refractivity contribution in [2.24, 2.45) is 4.99 Å². The highest BCUT2D eigenvalue weighted by molar-refractivity contribution is 5.95. The number of anilines is 1. The number of carbonyl (C=O) groups excluding carboxylic acids is 1. The highest BCUT2D eigenvalue weighted by atomic mass is 16.2. The normalized spacial score (nSPS) is 14.8. The summed E-state index contributed by atoms with van der Waals surface area (Å²) in [6, 6.07) is 10.0. The lowest BCUT2D eigenvalue weighted by molar-refractivity contribution is -0.117. The first-order chi connectivity index (χ1) is 12.3. The first-order valence-corrected chi connectivity index (χ1v) is 8.57. The maximum atomic E-state index is 11.8. The number of hydrogen-bond acceptors (Lipinski definition) is 3. The number of nitrogens with one attached hydrogen (secondary N) is 2. The second-order valence-corrected chi connectivity index (χ2v) is 5.94. The van der Waals surface area contributed by atoms with Gasteiger partial charge in [0, 0.05) is 51.2 Å². The van der Waals surface area contributed by atoms with Crippen LogP contribution in [0.25, 0.3) is 0 Å². The molecule has 1 amide bonds. The molecule has 0 bridgehead atoms. The second kappa shape index (κ2) is 8.32.